The molecule has 1 aromatic carbocycles. The number of aromatic nitrogens is 1. The van der Waals surface area contributed by atoms with Crippen LogP contribution >= 0.6 is 0 Å². The maximum absolute atomic E-state index is 5.67. The van der Waals surface area contributed by atoms with Crippen LogP contribution in [0.2, 0.25) is 0 Å². The Hall–Kier alpha value is -2.17. The first-order valence-electron chi connectivity index (χ1n) is 4.94. The Morgan fingerprint density at radius 2 is 1.94 bits per heavy atom. The predicted octanol–water partition coefficient (Wildman–Crippen LogP) is 1.69. The number of rotatable bonds is 1. The molecule has 2 heterocycles. The standard InChI is InChI=1S/C11H10N2O3/c12-11-8(6-16-13-11)7-1-2-9-10(5-7)15-4-3-14-9/h1-2,5-6H,3-4H2,(H2,12,13). The average Bonchev–Trinajstić information content (AvgIpc) is 2.75. The Morgan fingerprint density at radius 3 is 2.69 bits per heavy atom. The van der Waals surface area contributed by atoms with E-state index in [0.717, 1.165) is 22.6 Å². The molecular formula is C11H10N2O3. The van der Waals surface area contributed by atoms with Crippen molar-refractivity contribution in [3.05, 3.63) is 24.5 Å². The number of nitrogen functional groups attached to an aromatic ring is 1. The van der Waals surface area contributed by atoms with E-state index >= 15 is 0 Å². The van der Waals surface area contributed by atoms with Gasteiger partial charge in [0.15, 0.2) is 17.3 Å². The number of hydrogen-bond donors (Lipinski definition) is 1. The van der Waals surface area contributed by atoms with Gasteiger partial charge in [0.1, 0.15) is 19.5 Å². The minimum absolute atomic E-state index is 0.372. The van der Waals surface area contributed by atoms with Crippen molar-refractivity contribution in [2.45, 2.75) is 0 Å². The maximum Gasteiger partial charge on any atom is 0.174 e. The van der Waals surface area contributed by atoms with Crippen molar-refractivity contribution in [3.63, 3.8) is 0 Å². The minimum atomic E-state index is 0.372. The molecule has 0 spiro atoms. The Balaban J connectivity index is 2.06. The van der Waals surface area contributed by atoms with Gasteiger partial charge in [0.2, 0.25) is 0 Å². The third-order valence-electron chi connectivity index (χ3n) is 2.45. The lowest BCUT2D eigenvalue weighted by Crippen LogP contribution is -2.15. The second kappa shape index (κ2) is 3.44. The molecule has 3 rings (SSSR count). The molecule has 1 aliphatic heterocycles. The van der Waals surface area contributed by atoms with Crippen molar-refractivity contribution in [1.29, 1.82) is 0 Å². The third kappa shape index (κ3) is 1.37. The molecular weight excluding hydrogens is 208 g/mol. The zero-order chi connectivity index (χ0) is 11.0. The van der Waals surface area contributed by atoms with Gasteiger partial charge in [0.25, 0.3) is 0 Å². The van der Waals surface area contributed by atoms with E-state index in [1.807, 2.05) is 18.2 Å². The molecule has 1 aromatic heterocycles. The summed E-state index contributed by atoms with van der Waals surface area (Å²) in [7, 11) is 0. The number of ether oxygens (including phenoxy) is 2. The van der Waals surface area contributed by atoms with E-state index in [-0.39, 0.29) is 0 Å². The van der Waals surface area contributed by atoms with E-state index < -0.39 is 0 Å². The van der Waals surface area contributed by atoms with Gasteiger partial charge in [0, 0.05) is 0 Å². The highest BCUT2D eigenvalue weighted by atomic mass is 16.6. The molecule has 5 nitrogen and oxygen atoms in total. The molecule has 0 aliphatic carbocycles. The van der Waals surface area contributed by atoms with Gasteiger partial charge in [-0.05, 0) is 17.7 Å². The summed E-state index contributed by atoms with van der Waals surface area (Å²) < 4.78 is 15.7. The van der Waals surface area contributed by atoms with Gasteiger partial charge in [-0.15, -0.1) is 0 Å². The number of nitrogens with two attached hydrogens (primary N) is 1. The van der Waals surface area contributed by atoms with Crippen molar-refractivity contribution in [1.82, 2.24) is 5.16 Å². The molecule has 0 atom stereocenters. The van der Waals surface area contributed by atoms with Gasteiger partial charge >= 0.3 is 0 Å². The summed E-state index contributed by atoms with van der Waals surface area (Å²) in [5.74, 6) is 1.85. The molecule has 0 fully saturated rings. The fraction of sp³-hybridized carbons (Fsp3) is 0.182. The number of fused-ring (bicyclic) bond motifs is 1. The first kappa shape index (κ1) is 9.08. The molecule has 16 heavy (non-hydrogen) atoms. The largest absolute Gasteiger partial charge is 0.486 e. The molecule has 0 amide bonds. The predicted molar refractivity (Wildman–Crippen MR) is 57.3 cm³/mol. The Kier molecular flexibility index (Phi) is 1.96. The van der Waals surface area contributed by atoms with Gasteiger partial charge in [0.05, 0.1) is 5.56 Å². The number of benzene rings is 1. The quantitative estimate of drug-likeness (QED) is 0.788. The monoisotopic (exact) mass is 218 g/mol. The van der Waals surface area contributed by atoms with Crippen LogP contribution in [0.4, 0.5) is 5.82 Å². The van der Waals surface area contributed by atoms with Crippen LogP contribution in [0.15, 0.2) is 29.0 Å². The van der Waals surface area contributed by atoms with Gasteiger partial charge in [-0.25, -0.2) is 0 Å². The highest BCUT2D eigenvalue weighted by molar-refractivity contribution is 5.74. The van der Waals surface area contributed by atoms with E-state index in [2.05, 4.69) is 5.16 Å². The second-order valence-electron chi connectivity index (χ2n) is 3.47. The fourth-order valence-corrected chi connectivity index (χ4v) is 1.67. The average molecular weight is 218 g/mol. The number of anilines is 1. The van der Waals surface area contributed by atoms with Crippen LogP contribution in [0.25, 0.3) is 11.1 Å². The SMILES string of the molecule is Nc1nocc1-c1ccc2c(c1)OCCO2. The van der Waals surface area contributed by atoms with Crippen molar-refractivity contribution in [3.8, 4) is 22.6 Å². The van der Waals surface area contributed by atoms with Crippen LogP contribution in [0.5, 0.6) is 11.5 Å². The molecule has 82 valence electrons. The molecule has 1 aliphatic rings. The molecule has 0 saturated carbocycles. The summed E-state index contributed by atoms with van der Waals surface area (Å²) in [6, 6.07) is 5.63. The smallest absolute Gasteiger partial charge is 0.174 e. The van der Waals surface area contributed by atoms with Gasteiger partial charge in [-0.3, -0.25) is 0 Å². The summed E-state index contributed by atoms with van der Waals surface area (Å²) in [4.78, 5) is 0. The number of hydrogen-bond acceptors (Lipinski definition) is 5. The molecule has 0 unspecified atom stereocenters. The Bertz CT molecular complexity index is 522. The van der Waals surface area contributed by atoms with Gasteiger partial charge < -0.3 is 19.7 Å². The van der Waals surface area contributed by atoms with Crippen LogP contribution in [-0.4, -0.2) is 18.4 Å². The first-order chi connectivity index (χ1) is 7.84. The van der Waals surface area contributed by atoms with Gasteiger partial charge in [-0.2, -0.15) is 0 Å². The third-order valence-corrected chi connectivity index (χ3v) is 2.45. The topological polar surface area (TPSA) is 70.5 Å². The van der Waals surface area contributed by atoms with Crippen molar-refractivity contribution < 1.29 is 14.0 Å². The highest BCUT2D eigenvalue weighted by Gasteiger charge is 2.14. The first-order valence-corrected chi connectivity index (χ1v) is 4.94. The van der Waals surface area contributed by atoms with E-state index in [1.54, 1.807) is 0 Å². The van der Waals surface area contributed by atoms with Crippen molar-refractivity contribution in [2.75, 3.05) is 18.9 Å². The zero-order valence-electron chi connectivity index (χ0n) is 8.47. The normalized spacial score (nSPS) is 13.8. The van der Waals surface area contributed by atoms with E-state index in [9.17, 15) is 0 Å². The van der Waals surface area contributed by atoms with E-state index in [0.29, 0.717) is 19.0 Å². The Morgan fingerprint density at radius 1 is 1.12 bits per heavy atom. The fourth-order valence-electron chi connectivity index (χ4n) is 1.67. The highest BCUT2D eigenvalue weighted by Crippen LogP contribution is 2.35. The van der Waals surface area contributed by atoms with E-state index in [1.165, 1.54) is 6.26 Å². The summed E-state index contributed by atoms with van der Waals surface area (Å²) in [5.41, 5.74) is 7.34. The van der Waals surface area contributed by atoms with Crippen LogP contribution in [0, 0.1) is 0 Å². The number of nitrogens with zero attached hydrogens (tertiary/aromatic N) is 1. The van der Waals surface area contributed by atoms with Crippen molar-refractivity contribution in [2.24, 2.45) is 0 Å². The lowest BCUT2D eigenvalue weighted by molar-refractivity contribution is 0.171. The summed E-state index contributed by atoms with van der Waals surface area (Å²) in [6.07, 6.45) is 1.51. The molecule has 0 bridgehead atoms. The lowest BCUT2D eigenvalue weighted by atomic mass is 10.1. The van der Waals surface area contributed by atoms with Gasteiger partial charge in [-0.1, -0.05) is 11.2 Å². The van der Waals surface area contributed by atoms with Crippen LogP contribution in [0.3, 0.4) is 0 Å². The molecule has 0 radical (unpaired) electrons. The van der Waals surface area contributed by atoms with Crippen LogP contribution in [-0.2, 0) is 0 Å². The summed E-state index contributed by atoms with van der Waals surface area (Å²) in [5, 5.41) is 3.64. The molecule has 5 heteroatoms. The lowest BCUT2D eigenvalue weighted by Gasteiger charge is -2.18. The van der Waals surface area contributed by atoms with Crippen molar-refractivity contribution >= 4 is 5.82 Å². The summed E-state index contributed by atoms with van der Waals surface area (Å²) in [6.45, 7) is 1.15. The maximum atomic E-state index is 5.67. The second-order valence-corrected chi connectivity index (χ2v) is 3.47. The summed E-state index contributed by atoms with van der Waals surface area (Å²) >= 11 is 0. The molecule has 2 N–H and O–H groups in total. The van der Waals surface area contributed by atoms with Crippen LogP contribution in [0.1, 0.15) is 0 Å². The van der Waals surface area contributed by atoms with E-state index in [4.69, 9.17) is 19.7 Å². The minimum Gasteiger partial charge on any atom is -0.486 e. The van der Waals surface area contributed by atoms with Crippen LogP contribution < -0.4 is 15.2 Å². The molecule has 0 saturated heterocycles. The molecule has 2 aromatic rings. The zero-order valence-corrected chi connectivity index (χ0v) is 8.47. The Labute approximate surface area is 91.7 Å².